The largest absolute Gasteiger partial charge is 0.442 e. The quantitative estimate of drug-likeness (QED) is 0.861. The van der Waals surface area contributed by atoms with Gasteiger partial charge >= 0.3 is 6.09 Å². The van der Waals surface area contributed by atoms with E-state index < -0.39 is 18.2 Å². The molecule has 2 unspecified atom stereocenters. The van der Waals surface area contributed by atoms with E-state index in [1.807, 2.05) is 4.90 Å². The van der Waals surface area contributed by atoms with E-state index in [0.717, 1.165) is 0 Å². The average molecular weight is 295 g/mol. The van der Waals surface area contributed by atoms with E-state index in [9.17, 15) is 9.18 Å². The topological polar surface area (TPSA) is 76.8 Å². The number of carbonyl (C=O) groups is 1. The van der Waals surface area contributed by atoms with Crippen molar-refractivity contribution in [1.82, 2.24) is 5.32 Å². The lowest BCUT2D eigenvalue weighted by Crippen LogP contribution is -2.37. The van der Waals surface area contributed by atoms with Gasteiger partial charge in [0.25, 0.3) is 0 Å². The molecule has 2 aliphatic heterocycles. The fraction of sp³-hybridized carbons (Fsp3) is 0.500. The molecular formula is C14H18FN3O3. The Bertz CT molecular complexity index is 534. The molecule has 6 nitrogen and oxygen atoms in total. The number of nitrogens with one attached hydrogen (secondary N) is 1. The second-order valence-electron chi connectivity index (χ2n) is 5.16. The number of morpholine rings is 1. The Morgan fingerprint density at radius 3 is 2.76 bits per heavy atom. The highest BCUT2D eigenvalue weighted by Crippen LogP contribution is 2.26. The molecule has 0 aliphatic carbocycles. The summed E-state index contributed by atoms with van der Waals surface area (Å²) in [6, 6.07) is 4.38. The molecule has 3 rings (SSSR count). The van der Waals surface area contributed by atoms with Crippen LogP contribution in [0.25, 0.3) is 0 Å². The summed E-state index contributed by atoms with van der Waals surface area (Å²) >= 11 is 0. The number of hydrogen-bond acceptors (Lipinski definition) is 5. The van der Waals surface area contributed by atoms with Gasteiger partial charge in [0.2, 0.25) is 0 Å². The van der Waals surface area contributed by atoms with Gasteiger partial charge in [-0.25, -0.2) is 9.18 Å². The first-order chi connectivity index (χ1) is 10.1. The zero-order valence-electron chi connectivity index (χ0n) is 11.5. The standard InChI is InChI=1S/C14H18FN3O3/c15-10-7-9(13(16)12-8-17-14(19)21-12)1-2-11(10)18-3-5-20-6-4-18/h1-2,7,12-13H,3-6,8,16H2,(H,17,19). The fourth-order valence-electron chi connectivity index (χ4n) is 2.61. The molecule has 0 spiro atoms. The summed E-state index contributed by atoms with van der Waals surface area (Å²) in [7, 11) is 0. The summed E-state index contributed by atoms with van der Waals surface area (Å²) < 4.78 is 24.6. The van der Waals surface area contributed by atoms with Crippen molar-refractivity contribution in [3.8, 4) is 0 Å². The predicted octanol–water partition coefficient (Wildman–Crippen LogP) is 0.771. The first kappa shape index (κ1) is 14.1. The van der Waals surface area contributed by atoms with Gasteiger partial charge in [-0.1, -0.05) is 6.07 Å². The van der Waals surface area contributed by atoms with Crippen LogP contribution in [-0.4, -0.2) is 45.0 Å². The molecule has 2 aliphatic rings. The zero-order chi connectivity index (χ0) is 14.8. The van der Waals surface area contributed by atoms with E-state index in [4.69, 9.17) is 15.2 Å². The summed E-state index contributed by atoms with van der Waals surface area (Å²) in [5.74, 6) is -0.317. The Labute approximate surface area is 122 Å². The summed E-state index contributed by atoms with van der Waals surface area (Å²) in [4.78, 5) is 13.0. The van der Waals surface area contributed by atoms with E-state index in [1.165, 1.54) is 6.07 Å². The Morgan fingerprint density at radius 2 is 2.14 bits per heavy atom. The maximum absolute atomic E-state index is 14.3. The van der Waals surface area contributed by atoms with Gasteiger partial charge in [0, 0.05) is 13.1 Å². The monoisotopic (exact) mass is 295 g/mol. The smallest absolute Gasteiger partial charge is 0.407 e. The minimum absolute atomic E-state index is 0.317. The van der Waals surface area contributed by atoms with Crippen molar-refractivity contribution in [1.29, 1.82) is 0 Å². The number of rotatable bonds is 3. The number of cyclic esters (lactones) is 1. The van der Waals surface area contributed by atoms with E-state index >= 15 is 0 Å². The number of benzene rings is 1. The average Bonchev–Trinajstić information content (AvgIpc) is 2.94. The molecule has 2 saturated heterocycles. The number of amides is 1. The highest BCUT2D eigenvalue weighted by molar-refractivity contribution is 5.69. The molecule has 2 fully saturated rings. The van der Waals surface area contributed by atoms with Crippen LogP contribution in [0.15, 0.2) is 18.2 Å². The first-order valence-electron chi connectivity index (χ1n) is 6.97. The number of hydrogen-bond donors (Lipinski definition) is 2. The molecule has 1 aromatic carbocycles. The molecule has 0 aromatic heterocycles. The van der Waals surface area contributed by atoms with Gasteiger partial charge in [0.15, 0.2) is 0 Å². The minimum atomic E-state index is -0.544. The van der Waals surface area contributed by atoms with Gasteiger partial charge < -0.3 is 25.4 Å². The molecular weight excluding hydrogens is 277 g/mol. The third-order valence-corrected chi connectivity index (χ3v) is 3.81. The number of ether oxygens (including phenoxy) is 2. The van der Waals surface area contributed by atoms with Crippen LogP contribution in [0.3, 0.4) is 0 Å². The molecule has 2 heterocycles. The molecule has 0 radical (unpaired) electrons. The SMILES string of the molecule is NC(c1ccc(N2CCOCC2)c(F)c1)C1CNC(=O)O1. The molecule has 114 valence electrons. The second-order valence-corrected chi connectivity index (χ2v) is 5.16. The van der Waals surface area contributed by atoms with E-state index in [-0.39, 0.29) is 5.82 Å². The van der Waals surface area contributed by atoms with Crippen LogP contribution in [0.4, 0.5) is 14.9 Å². The van der Waals surface area contributed by atoms with Crippen LogP contribution in [0, 0.1) is 5.82 Å². The normalized spacial score (nSPS) is 23.6. The minimum Gasteiger partial charge on any atom is -0.442 e. The molecule has 3 N–H and O–H groups in total. The summed E-state index contributed by atoms with van der Waals surface area (Å²) in [6.07, 6.45) is -0.952. The Balaban J connectivity index is 1.75. The van der Waals surface area contributed by atoms with Gasteiger partial charge in [-0.05, 0) is 17.7 Å². The number of halogens is 1. The van der Waals surface area contributed by atoms with Gasteiger partial charge in [0.1, 0.15) is 11.9 Å². The third-order valence-electron chi connectivity index (χ3n) is 3.81. The number of nitrogens with two attached hydrogens (primary N) is 1. The van der Waals surface area contributed by atoms with Crippen LogP contribution < -0.4 is 16.0 Å². The molecule has 2 atom stereocenters. The zero-order valence-corrected chi connectivity index (χ0v) is 11.5. The molecule has 1 aromatic rings. The molecule has 7 heteroatoms. The third kappa shape index (κ3) is 2.93. The van der Waals surface area contributed by atoms with Gasteiger partial charge in [-0.3, -0.25) is 0 Å². The fourth-order valence-corrected chi connectivity index (χ4v) is 2.61. The lowest BCUT2D eigenvalue weighted by atomic mass is 10.0. The Morgan fingerprint density at radius 1 is 1.38 bits per heavy atom. The van der Waals surface area contributed by atoms with Crippen molar-refractivity contribution in [2.24, 2.45) is 5.73 Å². The van der Waals surface area contributed by atoms with Crippen molar-refractivity contribution in [3.63, 3.8) is 0 Å². The van der Waals surface area contributed by atoms with Crippen molar-refractivity contribution in [3.05, 3.63) is 29.6 Å². The number of nitrogens with zero attached hydrogens (tertiary/aromatic N) is 1. The van der Waals surface area contributed by atoms with Gasteiger partial charge in [0.05, 0.1) is 31.5 Å². The number of carbonyl (C=O) groups excluding carboxylic acids is 1. The van der Waals surface area contributed by atoms with Crippen LogP contribution in [0.5, 0.6) is 0 Å². The van der Waals surface area contributed by atoms with Crippen LogP contribution in [0.2, 0.25) is 0 Å². The van der Waals surface area contributed by atoms with Crippen molar-refractivity contribution < 1.29 is 18.7 Å². The maximum Gasteiger partial charge on any atom is 0.407 e. The van der Waals surface area contributed by atoms with Crippen molar-refractivity contribution in [2.75, 3.05) is 37.7 Å². The molecule has 1 amide bonds. The lowest BCUT2D eigenvalue weighted by molar-refractivity contribution is 0.122. The highest BCUT2D eigenvalue weighted by atomic mass is 19.1. The van der Waals surface area contributed by atoms with E-state index in [0.29, 0.717) is 44.1 Å². The highest BCUT2D eigenvalue weighted by Gasteiger charge is 2.30. The predicted molar refractivity (Wildman–Crippen MR) is 74.6 cm³/mol. The summed E-state index contributed by atoms with van der Waals surface area (Å²) in [5, 5.41) is 2.54. The van der Waals surface area contributed by atoms with Crippen LogP contribution in [-0.2, 0) is 9.47 Å². The first-order valence-corrected chi connectivity index (χ1v) is 6.97. The van der Waals surface area contributed by atoms with Crippen LogP contribution in [0.1, 0.15) is 11.6 Å². The maximum atomic E-state index is 14.3. The number of anilines is 1. The van der Waals surface area contributed by atoms with E-state index in [2.05, 4.69) is 5.32 Å². The number of alkyl carbamates (subject to hydrolysis) is 1. The second kappa shape index (κ2) is 5.87. The van der Waals surface area contributed by atoms with Gasteiger partial charge in [-0.2, -0.15) is 0 Å². The van der Waals surface area contributed by atoms with Crippen LogP contribution >= 0.6 is 0 Å². The Hall–Kier alpha value is -1.86. The van der Waals surface area contributed by atoms with Crippen molar-refractivity contribution in [2.45, 2.75) is 12.1 Å². The molecule has 21 heavy (non-hydrogen) atoms. The molecule has 0 saturated carbocycles. The molecule has 0 bridgehead atoms. The lowest BCUT2D eigenvalue weighted by Gasteiger charge is -2.29. The van der Waals surface area contributed by atoms with E-state index in [1.54, 1.807) is 12.1 Å². The van der Waals surface area contributed by atoms with Gasteiger partial charge in [-0.15, -0.1) is 0 Å². The summed E-state index contributed by atoms with van der Waals surface area (Å²) in [5.41, 5.74) is 7.21. The van der Waals surface area contributed by atoms with Crippen molar-refractivity contribution >= 4 is 11.8 Å². The summed E-state index contributed by atoms with van der Waals surface area (Å²) in [6.45, 7) is 2.89. The Kier molecular flexibility index (Phi) is 3.94.